The van der Waals surface area contributed by atoms with Gasteiger partial charge >= 0.3 is 0 Å². The van der Waals surface area contributed by atoms with E-state index in [2.05, 4.69) is 48.6 Å². The summed E-state index contributed by atoms with van der Waals surface area (Å²) in [5, 5.41) is 0. The van der Waals surface area contributed by atoms with Crippen molar-refractivity contribution in [3.8, 4) is 0 Å². The molecule has 0 N–H and O–H groups in total. The Balaban J connectivity index is -0.0000000556. The molecule has 0 amide bonds. The Labute approximate surface area is 129 Å². The molecule has 0 fully saturated rings. The third-order valence-corrected chi connectivity index (χ3v) is 1.31. The first kappa shape index (κ1) is 24.3. The second-order valence-electron chi connectivity index (χ2n) is 2.18. The Morgan fingerprint density at radius 3 is 0.786 bits per heavy atom. The van der Waals surface area contributed by atoms with E-state index in [0.29, 0.717) is 0 Å². The minimum atomic E-state index is 0. The zero-order valence-electron chi connectivity index (χ0n) is 7.85. The molecular weight excluding hydrogens is 287 g/mol. The van der Waals surface area contributed by atoms with Crippen LogP contribution >= 0.6 is 24.8 Å². The molecule has 76 valence electrons. The summed E-state index contributed by atoms with van der Waals surface area (Å²) in [5.41, 5.74) is 0. The van der Waals surface area contributed by atoms with Crippen molar-refractivity contribution in [2.24, 2.45) is 0 Å². The average molecular weight is 301 g/mol. The van der Waals surface area contributed by atoms with E-state index in [-0.39, 0.29) is 68.2 Å². The summed E-state index contributed by atoms with van der Waals surface area (Å²) in [5.74, 6) is 0. The fourth-order valence-corrected chi connectivity index (χ4v) is 0.786. The molecule has 14 heavy (non-hydrogen) atoms. The molecule has 0 nitrogen and oxygen atoms in total. The molecule has 0 heterocycles. The number of allylic oxidation sites excluding steroid dienone is 8. The van der Waals surface area contributed by atoms with Crippen LogP contribution in [0.25, 0.3) is 0 Å². The first-order chi connectivity index (χ1) is 5.00. The molecule has 0 saturated heterocycles. The van der Waals surface area contributed by atoms with Gasteiger partial charge in [-0.1, -0.05) is 48.6 Å². The Morgan fingerprint density at radius 1 is 0.500 bits per heavy atom. The van der Waals surface area contributed by atoms with E-state index < -0.39 is 0 Å². The molecule has 0 aromatic heterocycles. The van der Waals surface area contributed by atoms with Crippen LogP contribution < -0.4 is 0 Å². The molecule has 0 unspecified atom stereocenters. The smallest absolute Gasteiger partial charge is 0 e. The topological polar surface area (TPSA) is 0 Å². The van der Waals surface area contributed by atoms with Crippen molar-refractivity contribution < 1.29 is 43.4 Å². The Bertz CT molecular complexity index is 154. The normalized spacial score (nSPS) is 12.6. The fraction of sp³-hybridized carbons (Fsp3) is 0.200. The van der Waals surface area contributed by atoms with Gasteiger partial charge in [0.2, 0.25) is 0 Å². The van der Waals surface area contributed by atoms with E-state index in [0.717, 1.165) is 12.8 Å². The van der Waals surface area contributed by atoms with Gasteiger partial charge in [0.25, 0.3) is 0 Å². The molecule has 0 aromatic rings. The Kier molecular flexibility index (Phi) is 33.9. The van der Waals surface area contributed by atoms with Crippen LogP contribution in [0.3, 0.4) is 0 Å². The van der Waals surface area contributed by atoms with Gasteiger partial charge in [0.15, 0.2) is 0 Å². The first-order valence-corrected chi connectivity index (χ1v) is 3.63. The van der Waals surface area contributed by atoms with Gasteiger partial charge < -0.3 is 0 Å². The quantitative estimate of drug-likeness (QED) is 0.596. The molecule has 2 rings (SSSR count). The van der Waals surface area contributed by atoms with Gasteiger partial charge in [-0.3, -0.25) is 0 Å². The van der Waals surface area contributed by atoms with E-state index in [1.165, 1.54) is 0 Å². The van der Waals surface area contributed by atoms with Crippen LogP contribution in [0.5, 0.6) is 0 Å². The summed E-state index contributed by atoms with van der Waals surface area (Å²) in [6, 6.07) is 0. The predicted molar refractivity (Wildman–Crippen MR) is 60.3 cm³/mol. The van der Waals surface area contributed by atoms with Crippen molar-refractivity contribution in [2.45, 2.75) is 12.8 Å². The summed E-state index contributed by atoms with van der Waals surface area (Å²) in [7, 11) is 0. The molecule has 0 aromatic carbocycles. The third-order valence-electron chi connectivity index (χ3n) is 1.31. The minimum absolute atomic E-state index is 0. The third kappa shape index (κ3) is 15.4. The van der Waals surface area contributed by atoms with Crippen molar-refractivity contribution in [1.82, 2.24) is 0 Å². The summed E-state index contributed by atoms with van der Waals surface area (Å²) in [6.45, 7) is 0. The number of halogens is 2. The van der Waals surface area contributed by atoms with Crippen LogP contribution in [0, 0.1) is 0 Å². The van der Waals surface area contributed by atoms with Gasteiger partial charge in [0.05, 0.1) is 0 Å². The van der Waals surface area contributed by atoms with Gasteiger partial charge in [0.1, 0.15) is 0 Å². The monoisotopic (exact) mass is 300 g/mol. The SMILES string of the molecule is C1=CCC=C1.C1=CCC=C1.Cl.Cl.[Ti].[Ti]. The van der Waals surface area contributed by atoms with Crippen molar-refractivity contribution in [1.29, 1.82) is 0 Å². The van der Waals surface area contributed by atoms with Crippen LogP contribution in [0.2, 0.25) is 0 Å². The van der Waals surface area contributed by atoms with Crippen molar-refractivity contribution in [3.63, 3.8) is 0 Å². The summed E-state index contributed by atoms with van der Waals surface area (Å²) in [6.07, 6.45) is 19.0. The van der Waals surface area contributed by atoms with Crippen molar-refractivity contribution >= 4 is 24.8 Å². The maximum atomic E-state index is 2.12. The second kappa shape index (κ2) is 19.5. The molecule has 0 saturated carbocycles. The molecule has 2 aliphatic rings. The van der Waals surface area contributed by atoms with Crippen LogP contribution in [0.4, 0.5) is 0 Å². The van der Waals surface area contributed by atoms with Crippen molar-refractivity contribution in [2.75, 3.05) is 0 Å². The number of hydrogen-bond acceptors (Lipinski definition) is 0. The molecule has 0 bridgehead atoms. The maximum absolute atomic E-state index is 2.12. The first-order valence-electron chi connectivity index (χ1n) is 3.63. The summed E-state index contributed by atoms with van der Waals surface area (Å²) < 4.78 is 0. The zero-order chi connectivity index (χ0) is 7.07. The van der Waals surface area contributed by atoms with Crippen LogP contribution in [-0.2, 0) is 43.4 Å². The standard InChI is InChI=1S/2C5H6.2ClH.2Ti/c2*1-2-4-5-3-1;;;;/h2*1-4H,5H2;2*1H;;. The number of hydrogen-bond donors (Lipinski definition) is 0. The summed E-state index contributed by atoms with van der Waals surface area (Å²) in [4.78, 5) is 0. The largest absolute Gasteiger partial charge is 0.147 e. The van der Waals surface area contributed by atoms with Gasteiger partial charge in [-0.25, -0.2) is 0 Å². The maximum Gasteiger partial charge on any atom is 0 e. The van der Waals surface area contributed by atoms with Gasteiger partial charge in [-0.05, 0) is 12.8 Å². The molecule has 0 radical (unpaired) electrons. The summed E-state index contributed by atoms with van der Waals surface area (Å²) >= 11 is 0. The number of rotatable bonds is 0. The Hall–Kier alpha value is 0.969. The zero-order valence-corrected chi connectivity index (χ0v) is 12.6. The van der Waals surface area contributed by atoms with E-state index in [9.17, 15) is 0 Å². The van der Waals surface area contributed by atoms with Gasteiger partial charge in [0, 0.05) is 43.4 Å². The van der Waals surface area contributed by atoms with Crippen LogP contribution in [0.1, 0.15) is 12.8 Å². The van der Waals surface area contributed by atoms with Crippen LogP contribution in [-0.4, -0.2) is 0 Å². The molecular formula is C10H14Cl2Ti2. The van der Waals surface area contributed by atoms with Crippen molar-refractivity contribution in [3.05, 3.63) is 48.6 Å². The fourth-order valence-electron chi connectivity index (χ4n) is 0.786. The van der Waals surface area contributed by atoms with E-state index in [1.54, 1.807) is 0 Å². The predicted octanol–water partition coefficient (Wildman–Crippen LogP) is 3.84. The van der Waals surface area contributed by atoms with Crippen LogP contribution in [0.15, 0.2) is 48.6 Å². The molecule has 4 heteroatoms. The van der Waals surface area contributed by atoms with Gasteiger partial charge in [-0.2, -0.15) is 0 Å². The molecule has 0 aliphatic heterocycles. The molecule has 2 aliphatic carbocycles. The molecule has 0 spiro atoms. The van der Waals surface area contributed by atoms with Gasteiger partial charge in [-0.15, -0.1) is 24.8 Å². The second-order valence-corrected chi connectivity index (χ2v) is 2.18. The van der Waals surface area contributed by atoms with E-state index >= 15 is 0 Å². The molecule has 0 atom stereocenters. The Morgan fingerprint density at radius 2 is 0.714 bits per heavy atom. The minimum Gasteiger partial charge on any atom is -0.147 e. The van der Waals surface area contributed by atoms with E-state index in [1.807, 2.05) is 0 Å². The van der Waals surface area contributed by atoms with E-state index in [4.69, 9.17) is 0 Å². The average Bonchev–Trinajstić information content (AvgIpc) is 2.67.